The van der Waals surface area contributed by atoms with E-state index in [1.165, 1.54) is 0 Å². The van der Waals surface area contributed by atoms with Gasteiger partial charge in [-0.25, -0.2) is 4.79 Å². The van der Waals surface area contributed by atoms with Crippen molar-refractivity contribution in [1.82, 2.24) is 4.90 Å². The highest BCUT2D eigenvalue weighted by Crippen LogP contribution is 2.29. The van der Waals surface area contributed by atoms with E-state index in [2.05, 4.69) is 24.1 Å². The molecule has 6 nitrogen and oxygen atoms in total. The van der Waals surface area contributed by atoms with E-state index in [0.29, 0.717) is 12.1 Å². The maximum absolute atomic E-state index is 12.7. The number of ether oxygens (including phenoxy) is 1. The molecule has 0 radical (unpaired) electrons. The lowest BCUT2D eigenvalue weighted by molar-refractivity contribution is -0.00517. The Bertz CT molecular complexity index is 786. The van der Waals surface area contributed by atoms with Crippen LogP contribution in [0.15, 0.2) is 48.5 Å². The Balaban J connectivity index is 1.72. The summed E-state index contributed by atoms with van der Waals surface area (Å²) in [5.74, 6) is 0.189. The number of carbonyl (C=O) groups excluding carboxylic acids is 1. The SMILES string of the molecule is C[C@@H]1CN(c2ccccc2NC(=O)N(C)Cc2ccccc2O)C[C@H](C)O1. The van der Waals surface area contributed by atoms with Gasteiger partial charge in [0.1, 0.15) is 5.75 Å². The van der Waals surface area contributed by atoms with Gasteiger partial charge >= 0.3 is 6.03 Å². The Labute approximate surface area is 160 Å². The van der Waals surface area contributed by atoms with Gasteiger partial charge in [0.05, 0.1) is 30.1 Å². The summed E-state index contributed by atoms with van der Waals surface area (Å²) >= 11 is 0. The zero-order valence-corrected chi connectivity index (χ0v) is 16.1. The number of aromatic hydroxyl groups is 1. The summed E-state index contributed by atoms with van der Waals surface area (Å²) in [6, 6.07) is 14.6. The molecule has 2 aromatic carbocycles. The van der Waals surface area contributed by atoms with Crippen molar-refractivity contribution in [3.63, 3.8) is 0 Å². The number of morpholine rings is 1. The normalized spacial score (nSPS) is 19.6. The van der Waals surface area contributed by atoms with Gasteiger partial charge in [0.2, 0.25) is 0 Å². The van der Waals surface area contributed by atoms with Gasteiger partial charge in [-0.2, -0.15) is 0 Å². The van der Waals surface area contributed by atoms with Gasteiger partial charge < -0.3 is 25.0 Å². The monoisotopic (exact) mass is 369 g/mol. The first-order valence-electron chi connectivity index (χ1n) is 9.22. The minimum absolute atomic E-state index is 0.140. The van der Waals surface area contributed by atoms with Crippen LogP contribution in [-0.4, -0.2) is 48.4 Å². The van der Waals surface area contributed by atoms with Crippen LogP contribution in [0.2, 0.25) is 0 Å². The van der Waals surface area contributed by atoms with Crippen LogP contribution in [0.4, 0.5) is 16.2 Å². The molecule has 0 bridgehead atoms. The lowest BCUT2D eigenvalue weighted by Crippen LogP contribution is -2.45. The second kappa shape index (κ2) is 8.31. The second-order valence-corrected chi connectivity index (χ2v) is 7.09. The van der Waals surface area contributed by atoms with Crippen LogP contribution in [-0.2, 0) is 11.3 Å². The van der Waals surface area contributed by atoms with Crippen molar-refractivity contribution in [1.29, 1.82) is 0 Å². The molecule has 1 heterocycles. The molecule has 0 saturated carbocycles. The predicted molar refractivity (Wildman–Crippen MR) is 107 cm³/mol. The standard InChI is InChI=1S/C21H27N3O3/c1-15-12-24(13-16(2)27-15)19-10-6-5-9-18(19)22-21(26)23(3)14-17-8-4-7-11-20(17)25/h4-11,15-16,25H,12-14H2,1-3H3,(H,22,26)/t15-,16+. The number of amides is 2. The van der Waals surface area contributed by atoms with E-state index in [9.17, 15) is 9.90 Å². The lowest BCUT2D eigenvalue weighted by Gasteiger charge is -2.37. The number of para-hydroxylation sites is 3. The van der Waals surface area contributed by atoms with E-state index >= 15 is 0 Å². The number of anilines is 2. The van der Waals surface area contributed by atoms with Gasteiger partial charge in [-0.3, -0.25) is 0 Å². The molecule has 2 atom stereocenters. The third-order valence-electron chi connectivity index (χ3n) is 4.65. The van der Waals surface area contributed by atoms with Gasteiger partial charge in [-0.1, -0.05) is 30.3 Å². The molecule has 0 unspecified atom stereocenters. The smallest absolute Gasteiger partial charge is 0.321 e. The average molecular weight is 369 g/mol. The summed E-state index contributed by atoms with van der Waals surface area (Å²) in [5, 5.41) is 12.9. The van der Waals surface area contributed by atoms with Crippen LogP contribution < -0.4 is 10.2 Å². The quantitative estimate of drug-likeness (QED) is 0.863. The third kappa shape index (κ3) is 4.71. The Morgan fingerprint density at radius 1 is 1.15 bits per heavy atom. The Hall–Kier alpha value is -2.73. The number of benzene rings is 2. The molecule has 27 heavy (non-hydrogen) atoms. The number of nitrogens with one attached hydrogen (secondary N) is 1. The van der Waals surface area contributed by atoms with Crippen LogP contribution >= 0.6 is 0 Å². The van der Waals surface area contributed by atoms with Crippen molar-refractivity contribution in [3.8, 4) is 5.75 Å². The Morgan fingerprint density at radius 2 is 1.78 bits per heavy atom. The summed E-state index contributed by atoms with van der Waals surface area (Å²) in [4.78, 5) is 16.5. The molecule has 2 amide bonds. The minimum Gasteiger partial charge on any atom is -0.508 e. The second-order valence-electron chi connectivity index (χ2n) is 7.09. The van der Waals surface area contributed by atoms with Crippen LogP contribution in [0.5, 0.6) is 5.75 Å². The van der Waals surface area contributed by atoms with E-state index in [1.54, 1.807) is 24.1 Å². The zero-order chi connectivity index (χ0) is 19.4. The fourth-order valence-electron chi connectivity index (χ4n) is 3.41. The number of carbonyl (C=O) groups is 1. The largest absolute Gasteiger partial charge is 0.508 e. The zero-order valence-electron chi connectivity index (χ0n) is 16.1. The van der Waals surface area contributed by atoms with Gasteiger partial charge in [0.25, 0.3) is 0 Å². The summed E-state index contributed by atoms with van der Waals surface area (Å²) in [6.07, 6.45) is 0.280. The van der Waals surface area contributed by atoms with Crippen molar-refractivity contribution in [3.05, 3.63) is 54.1 Å². The van der Waals surface area contributed by atoms with Gasteiger partial charge in [0, 0.05) is 25.7 Å². The first-order valence-corrected chi connectivity index (χ1v) is 9.22. The molecule has 3 rings (SSSR count). The van der Waals surface area contributed by atoms with E-state index in [-0.39, 0.29) is 24.0 Å². The summed E-state index contributed by atoms with van der Waals surface area (Å²) in [5.41, 5.74) is 2.47. The van der Waals surface area contributed by atoms with E-state index < -0.39 is 0 Å². The van der Waals surface area contributed by atoms with Crippen molar-refractivity contribution in [2.24, 2.45) is 0 Å². The first-order chi connectivity index (χ1) is 12.9. The van der Waals surface area contributed by atoms with Gasteiger partial charge in [-0.15, -0.1) is 0 Å². The van der Waals surface area contributed by atoms with Crippen molar-refractivity contribution >= 4 is 17.4 Å². The first kappa shape index (κ1) is 19.0. The molecule has 1 fully saturated rings. The molecule has 2 aromatic rings. The fraction of sp³-hybridized carbons (Fsp3) is 0.381. The van der Waals surface area contributed by atoms with Gasteiger partial charge in [0.15, 0.2) is 0 Å². The molecule has 0 aliphatic carbocycles. The molecule has 1 saturated heterocycles. The van der Waals surface area contributed by atoms with E-state index in [4.69, 9.17) is 4.74 Å². The third-order valence-corrected chi connectivity index (χ3v) is 4.65. The van der Waals surface area contributed by atoms with E-state index in [0.717, 1.165) is 24.5 Å². The summed E-state index contributed by atoms with van der Waals surface area (Å²) in [7, 11) is 1.71. The van der Waals surface area contributed by atoms with Crippen LogP contribution in [0.25, 0.3) is 0 Å². The Kier molecular flexibility index (Phi) is 5.86. The number of nitrogens with zero attached hydrogens (tertiary/aromatic N) is 2. The number of phenolic OH excluding ortho intramolecular Hbond substituents is 1. The highest BCUT2D eigenvalue weighted by Gasteiger charge is 2.24. The number of urea groups is 1. The average Bonchev–Trinajstić information content (AvgIpc) is 2.63. The topological polar surface area (TPSA) is 65.0 Å². The number of hydrogen-bond donors (Lipinski definition) is 2. The van der Waals surface area contributed by atoms with Crippen LogP contribution in [0.3, 0.4) is 0 Å². The van der Waals surface area contributed by atoms with Crippen molar-refractivity contribution in [2.75, 3.05) is 30.4 Å². The highest BCUT2D eigenvalue weighted by atomic mass is 16.5. The molecule has 6 heteroatoms. The molecule has 144 valence electrons. The summed E-state index contributed by atoms with van der Waals surface area (Å²) in [6.45, 7) is 6.01. The summed E-state index contributed by atoms with van der Waals surface area (Å²) < 4.78 is 5.81. The van der Waals surface area contributed by atoms with Crippen molar-refractivity contribution in [2.45, 2.75) is 32.6 Å². The highest BCUT2D eigenvalue weighted by molar-refractivity contribution is 5.93. The molecule has 0 spiro atoms. The van der Waals surface area contributed by atoms with Crippen LogP contribution in [0.1, 0.15) is 19.4 Å². The maximum Gasteiger partial charge on any atom is 0.321 e. The van der Waals surface area contributed by atoms with Crippen molar-refractivity contribution < 1.29 is 14.6 Å². The molecule has 2 N–H and O–H groups in total. The molecule has 1 aliphatic heterocycles. The molecular weight excluding hydrogens is 342 g/mol. The fourth-order valence-corrected chi connectivity index (χ4v) is 3.41. The maximum atomic E-state index is 12.7. The van der Waals surface area contributed by atoms with E-state index in [1.807, 2.05) is 36.4 Å². The number of hydrogen-bond acceptors (Lipinski definition) is 4. The molecular formula is C21H27N3O3. The molecule has 0 aromatic heterocycles. The number of rotatable bonds is 4. The number of phenols is 1. The predicted octanol–water partition coefficient (Wildman–Crippen LogP) is 3.67. The lowest BCUT2D eigenvalue weighted by atomic mass is 10.1. The van der Waals surface area contributed by atoms with Gasteiger partial charge in [-0.05, 0) is 32.0 Å². The minimum atomic E-state index is -0.222. The van der Waals surface area contributed by atoms with Crippen LogP contribution in [0, 0.1) is 0 Å². The Morgan fingerprint density at radius 3 is 2.48 bits per heavy atom. The molecule has 1 aliphatic rings.